The largest absolute Gasteiger partial charge is 0.314 e. The van der Waals surface area contributed by atoms with Gasteiger partial charge in [-0.1, -0.05) is 27.7 Å². The van der Waals surface area contributed by atoms with Crippen LogP contribution < -0.4 is 10.0 Å². The molecule has 0 aromatic carbocycles. The zero-order chi connectivity index (χ0) is 17.3. The predicted molar refractivity (Wildman–Crippen MR) is 111 cm³/mol. The fourth-order valence-corrected chi connectivity index (χ4v) is 3.74. The minimum atomic E-state index is -3.37. The maximum Gasteiger partial charge on any atom is 0.279 e. The molecular weight excluding hydrogens is 383 g/mol. The summed E-state index contributed by atoms with van der Waals surface area (Å²) in [6, 6.07) is 0. The lowest BCUT2D eigenvalue weighted by molar-refractivity contribution is 0.244. The van der Waals surface area contributed by atoms with Crippen LogP contribution in [-0.4, -0.2) is 70.0 Å². The van der Waals surface area contributed by atoms with Crippen molar-refractivity contribution in [2.75, 3.05) is 52.4 Å². The first-order chi connectivity index (χ1) is 10.8. The van der Waals surface area contributed by atoms with Gasteiger partial charge in [0.1, 0.15) is 0 Å². The van der Waals surface area contributed by atoms with Crippen molar-refractivity contribution in [2.45, 2.75) is 40.5 Å². The maximum absolute atomic E-state index is 12.6. The van der Waals surface area contributed by atoms with Gasteiger partial charge in [0, 0.05) is 52.4 Å². The summed E-state index contributed by atoms with van der Waals surface area (Å²) in [5.41, 5.74) is 0. The monoisotopic (exact) mass is 420 g/mol. The van der Waals surface area contributed by atoms with Crippen molar-refractivity contribution in [2.24, 2.45) is 11.8 Å². The highest BCUT2D eigenvalue weighted by Crippen LogP contribution is 2.09. The average molecular weight is 421 g/mol. The van der Waals surface area contributed by atoms with Crippen molar-refractivity contribution in [1.29, 1.82) is 0 Å². The molecule has 0 saturated carbocycles. The van der Waals surface area contributed by atoms with Gasteiger partial charge in [-0.25, -0.2) is 4.72 Å². The van der Waals surface area contributed by atoms with E-state index in [-0.39, 0.29) is 24.8 Å². The van der Waals surface area contributed by atoms with E-state index in [0.29, 0.717) is 31.5 Å². The second-order valence-electron chi connectivity index (χ2n) is 7.26. The van der Waals surface area contributed by atoms with E-state index in [1.54, 1.807) is 4.31 Å². The van der Waals surface area contributed by atoms with Crippen LogP contribution in [0.5, 0.6) is 0 Å². The van der Waals surface area contributed by atoms with Crippen LogP contribution in [0.2, 0.25) is 0 Å². The van der Waals surface area contributed by atoms with Crippen molar-refractivity contribution in [3.63, 3.8) is 0 Å². The molecule has 0 amide bonds. The molecule has 0 radical (unpaired) electrons. The molecule has 0 atom stereocenters. The van der Waals surface area contributed by atoms with Gasteiger partial charge < -0.3 is 5.32 Å². The summed E-state index contributed by atoms with van der Waals surface area (Å²) >= 11 is 0. The Kier molecular flexibility index (Phi) is 15.9. The second-order valence-corrected chi connectivity index (χ2v) is 9.01. The number of hydrogen-bond acceptors (Lipinski definition) is 4. The van der Waals surface area contributed by atoms with Crippen LogP contribution in [0.15, 0.2) is 0 Å². The highest BCUT2D eigenvalue weighted by Gasteiger charge is 2.22. The van der Waals surface area contributed by atoms with Crippen molar-refractivity contribution in [3.05, 3.63) is 0 Å². The number of hydrogen-bond donors (Lipinski definition) is 2. The molecule has 1 aliphatic heterocycles. The average Bonchev–Trinajstić information content (AvgIpc) is 2.47. The number of nitrogens with one attached hydrogen (secondary N) is 2. The molecule has 0 spiro atoms. The van der Waals surface area contributed by atoms with Crippen LogP contribution >= 0.6 is 24.8 Å². The Labute approximate surface area is 167 Å². The molecule has 0 aromatic rings. The molecule has 1 heterocycles. The Morgan fingerprint density at radius 1 is 1.00 bits per heavy atom. The van der Waals surface area contributed by atoms with E-state index in [1.807, 2.05) is 0 Å². The summed E-state index contributed by atoms with van der Waals surface area (Å²) in [6.07, 6.45) is 1.80. The van der Waals surface area contributed by atoms with Gasteiger partial charge in [0.2, 0.25) is 0 Å². The molecule has 25 heavy (non-hydrogen) atoms. The first-order valence-corrected chi connectivity index (χ1v) is 10.4. The lowest BCUT2D eigenvalue weighted by Crippen LogP contribution is -2.48. The Morgan fingerprint density at radius 2 is 1.48 bits per heavy atom. The molecule has 0 unspecified atom stereocenters. The minimum Gasteiger partial charge on any atom is -0.314 e. The summed E-state index contributed by atoms with van der Waals surface area (Å²) < 4.78 is 29.6. The van der Waals surface area contributed by atoms with Crippen LogP contribution in [0.3, 0.4) is 0 Å². The van der Waals surface area contributed by atoms with Gasteiger partial charge in [0.05, 0.1) is 0 Å². The third-order valence-electron chi connectivity index (χ3n) is 4.17. The fourth-order valence-electron chi connectivity index (χ4n) is 2.52. The number of piperazine rings is 1. The predicted octanol–water partition coefficient (Wildman–Crippen LogP) is 1.96. The Balaban J connectivity index is 0. The molecule has 9 heteroatoms. The van der Waals surface area contributed by atoms with Crippen LogP contribution in [0.1, 0.15) is 40.5 Å². The fraction of sp³-hybridized carbons (Fsp3) is 1.00. The van der Waals surface area contributed by atoms with E-state index >= 15 is 0 Å². The van der Waals surface area contributed by atoms with Crippen LogP contribution in [-0.2, 0) is 10.2 Å². The second kappa shape index (κ2) is 14.4. The molecule has 1 rings (SSSR count). The zero-order valence-corrected chi connectivity index (χ0v) is 18.6. The summed E-state index contributed by atoms with van der Waals surface area (Å²) in [7, 11) is -3.37. The van der Waals surface area contributed by atoms with Crippen molar-refractivity contribution >= 4 is 35.0 Å². The number of rotatable bonds is 11. The van der Waals surface area contributed by atoms with Gasteiger partial charge in [-0.3, -0.25) is 4.90 Å². The van der Waals surface area contributed by atoms with Gasteiger partial charge in [-0.2, -0.15) is 12.7 Å². The molecule has 6 nitrogen and oxygen atoms in total. The SMILES string of the molecule is CC(C)CCN(CCC(C)C)S(=O)(=O)NCCN1CCNCC1.Cl.Cl. The molecule has 0 bridgehead atoms. The Morgan fingerprint density at radius 3 is 1.92 bits per heavy atom. The van der Waals surface area contributed by atoms with Gasteiger partial charge in [0.25, 0.3) is 10.2 Å². The van der Waals surface area contributed by atoms with Crippen molar-refractivity contribution in [1.82, 2.24) is 19.2 Å². The Hall–Kier alpha value is 0.370. The smallest absolute Gasteiger partial charge is 0.279 e. The highest BCUT2D eigenvalue weighted by molar-refractivity contribution is 7.87. The molecule has 1 fully saturated rings. The molecule has 1 aliphatic rings. The zero-order valence-electron chi connectivity index (χ0n) is 16.2. The molecule has 154 valence electrons. The number of nitrogens with zero attached hydrogens (tertiary/aromatic N) is 2. The summed E-state index contributed by atoms with van der Waals surface area (Å²) in [5, 5.41) is 3.31. The quantitative estimate of drug-likeness (QED) is 0.536. The van der Waals surface area contributed by atoms with Gasteiger partial charge in [0.15, 0.2) is 0 Å². The van der Waals surface area contributed by atoms with E-state index in [9.17, 15) is 8.42 Å². The third kappa shape index (κ3) is 12.4. The van der Waals surface area contributed by atoms with Crippen molar-refractivity contribution in [3.8, 4) is 0 Å². The topological polar surface area (TPSA) is 64.7 Å². The van der Waals surface area contributed by atoms with Gasteiger partial charge in [-0.15, -0.1) is 24.8 Å². The maximum atomic E-state index is 12.6. The normalized spacial score (nSPS) is 16.1. The van der Waals surface area contributed by atoms with Gasteiger partial charge >= 0.3 is 0 Å². The minimum absolute atomic E-state index is 0. The highest BCUT2D eigenvalue weighted by atomic mass is 35.5. The van der Waals surface area contributed by atoms with E-state index in [1.165, 1.54) is 0 Å². The lowest BCUT2D eigenvalue weighted by Gasteiger charge is -2.28. The molecule has 1 saturated heterocycles. The molecular formula is C16H38Cl2N4O2S. The first kappa shape index (κ1) is 27.6. The standard InChI is InChI=1S/C16H36N4O2S.2ClH/c1-15(2)5-10-20(11-6-16(3)4)23(21,22)18-9-14-19-12-7-17-8-13-19;;/h15-18H,5-14H2,1-4H3;2*1H. The van der Waals surface area contributed by atoms with Crippen molar-refractivity contribution < 1.29 is 8.42 Å². The molecule has 0 aromatic heterocycles. The van der Waals surface area contributed by atoms with Gasteiger partial charge in [-0.05, 0) is 24.7 Å². The summed E-state index contributed by atoms with van der Waals surface area (Å²) in [5.74, 6) is 1.01. The summed E-state index contributed by atoms with van der Waals surface area (Å²) in [4.78, 5) is 2.30. The van der Waals surface area contributed by atoms with E-state index in [4.69, 9.17) is 0 Å². The molecule has 2 N–H and O–H groups in total. The lowest BCUT2D eigenvalue weighted by atomic mass is 10.1. The number of halogens is 2. The van der Waals surface area contributed by atoms with Crippen LogP contribution in [0, 0.1) is 11.8 Å². The first-order valence-electron chi connectivity index (χ1n) is 8.99. The molecule has 0 aliphatic carbocycles. The van der Waals surface area contributed by atoms with E-state index in [0.717, 1.165) is 45.6 Å². The van der Waals surface area contributed by atoms with E-state index < -0.39 is 10.2 Å². The van der Waals surface area contributed by atoms with Crippen LogP contribution in [0.4, 0.5) is 0 Å². The Bertz CT molecular complexity index is 404. The summed E-state index contributed by atoms with van der Waals surface area (Å²) in [6.45, 7) is 15.0. The van der Waals surface area contributed by atoms with Crippen LogP contribution in [0.25, 0.3) is 0 Å². The third-order valence-corrected chi connectivity index (χ3v) is 5.79. The van der Waals surface area contributed by atoms with E-state index in [2.05, 4.69) is 42.6 Å².